The van der Waals surface area contributed by atoms with Gasteiger partial charge < -0.3 is 14.5 Å². The first-order valence-corrected chi connectivity index (χ1v) is 14.3. The van der Waals surface area contributed by atoms with E-state index in [1.54, 1.807) is 16.7 Å². The highest BCUT2D eigenvalue weighted by atomic mass is 32.2. The molecule has 194 valence electrons. The van der Waals surface area contributed by atoms with E-state index in [1.165, 1.54) is 19.3 Å². The Morgan fingerprint density at radius 2 is 1.86 bits per heavy atom. The van der Waals surface area contributed by atoms with Crippen molar-refractivity contribution in [1.29, 1.82) is 0 Å². The highest BCUT2D eigenvalue weighted by Crippen LogP contribution is 2.28. The Morgan fingerprint density at radius 3 is 2.58 bits per heavy atom. The lowest BCUT2D eigenvalue weighted by Gasteiger charge is -2.34. The topological polar surface area (TPSA) is 75.6 Å². The van der Waals surface area contributed by atoms with Crippen LogP contribution in [0.2, 0.25) is 0 Å². The number of ether oxygens (including phenoxy) is 1. The molecule has 7 nitrogen and oxygen atoms in total. The summed E-state index contributed by atoms with van der Waals surface area (Å²) in [5.74, 6) is 1.33. The highest BCUT2D eigenvalue weighted by molar-refractivity contribution is 7.98. The summed E-state index contributed by atoms with van der Waals surface area (Å²) >= 11 is 1.64. The fraction of sp³-hybridized carbons (Fsp3) is 0.571. The summed E-state index contributed by atoms with van der Waals surface area (Å²) in [6, 6.07) is 10.4. The van der Waals surface area contributed by atoms with Crippen molar-refractivity contribution in [1.82, 2.24) is 14.9 Å². The molecule has 1 aromatic heterocycles. The summed E-state index contributed by atoms with van der Waals surface area (Å²) in [6.45, 7) is 8.75. The van der Waals surface area contributed by atoms with E-state index in [2.05, 4.69) is 24.8 Å². The van der Waals surface area contributed by atoms with Gasteiger partial charge in [-0.1, -0.05) is 30.8 Å². The third-order valence-corrected chi connectivity index (χ3v) is 8.02. The maximum atomic E-state index is 13.0. The Kier molecular flexibility index (Phi) is 9.24. The molecule has 0 spiro atoms. The SMILES string of the molecule is CCOC(=O)C1CCCN(C(=O)c2ccc(CSc3nc(CC)cc(N4CCCCC4C)n3)cc2)C1. The van der Waals surface area contributed by atoms with Gasteiger partial charge in [0.15, 0.2) is 5.16 Å². The van der Waals surface area contributed by atoms with Crippen LogP contribution in [-0.4, -0.2) is 59.0 Å². The summed E-state index contributed by atoms with van der Waals surface area (Å²) in [5, 5.41) is 0.806. The molecule has 0 N–H and O–H groups in total. The van der Waals surface area contributed by atoms with Crippen LogP contribution >= 0.6 is 11.8 Å². The van der Waals surface area contributed by atoms with Crippen molar-refractivity contribution in [3.63, 3.8) is 0 Å². The van der Waals surface area contributed by atoms with E-state index in [9.17, 15) is 9.59 Å². The van der Waals surface area contributed by atoms with Crippen LogP contribution in [0.15, 0.2) is 35.5 Å². The van der Waals surface area contributed by atoms with Crippen molar-refractivity contribution in [3.8, 4) is 0 Å². The van der Waals surface area contributed by atoms with Gasteiger partial charge >= 0.3 is 5.97 Å². The zero-order valence-electron chi connectivity index (χ0n) is 21.7. The second kappa shape index (κ2) is 12.6. The smallest absolute Gasteiger partial charge is 0.310 e. The molecule has 2 atom stereocenters. The fourth-order valence-corrected chi connectivity index (χ4v) is 5.81. The van der Waals surface area contributed by atoms with Crippen molar-refractivity contribution in [2.75, 3.05) is 31.1 Å². The molecule has 0 aliphatic carbocycles. The first-order chi connectivity index (χ1) is 17.5. The van der Waals surface area contributed by atoms with Crippen molar-refractivity contribution < 1.29 is 14.3 Å². The number of aromatic nitrogens is 2. The Bertz CT molecular complexity index is 1050. The molecule has 1 amide bonds. The number of anilines is 1. The van der Waals surface area contributed by atoms with Crippen molar-refractivity contribution in [2.45, 2.75) is 76.2 Å². The average molecular weight is 511 g/mol. The molecule has 2 fully saturated rings. The minimum atomic E-state index is -0.227. The van der Waals surface area contributed by atoms with Crippen molar-refractivity contribution in [2.24, 2.45) is 5.92 Å². The largest absolute Gasteiger partial charge is 0.466 e. The lowest BCUT2D eigenvalue weighted by Crippen LogP contribution is -2.42. The van der Waals surface area contributed by atoms with E-state index >= 15 is 0 Å². The Morgan fingerprint density at radius 1 is 1.06 bits per heavy atom. The van der Waals surface area contributed by atoms with Gasteiger partial charge in [-0.3, -0.25) is 9.59 Å². The highest BCUT2D eigenvalue weighted by Gasteiger charge is 2.29. The van der Waals surface area contributed by atoms with Crippen LogP contribution in [-0.2, 0) is 21.7 Å². The van der Waals surface area contributed by atoms with Gasteiger partial charge in [0.1, 0.15) is 5.82 Å². The number of carbonyl (C=O) groups excluding carboxylic acids is 2. The summed E-state index contributed by atoms with van der Waals surface area (Å²) < 4.78 is 5.16. The number of amides is 1. The van der Waals surface area contributed by atoms with Crippen molar-refractivity contribution >= 4 is 29.5 Å². The van der Waals surface area contributed by atoms with Crippen molar-refractivity contribution in [3.05, 3.63) is 47.2 Å². The summed E-state index contributed by atoms with van der Waals surface area (Å²) in [5.41, 5.74) is 2.85. The lowest BCUT2D eigenvalue weighted by atomic mass is 9.97. The molecular formula is C28H38N4O3S. The van der Waals surface area contributed by atoms with Crippen LogP contribution in [0.4, 0.5) is 5.82 Å². The number of likely N-dealkylation sites (tertiary alicyclic amines) is 1. The molecule has 2 aliphatic heterocycles. The van der Waals surface area contributed by atoms with E-state index in [0.29, 0.717) is 31.3 Å². The first-order valence-electron chi connectivity index (χ1n) is 13.3. The quantitative estimate of drug-likeness (QED) is 0.277. The standard InChI is InChI=1S/C28H38N4O3S/c1-4-24-17-25(32-16-7-6-9-20(32)3)30-28(29-24)36-19-21-11-13-22(14-12-21)26(33)31-15-8-10-23(18-31)27(34)35-5-2/h11-14,17,20,23H,4-10,15-16,18-19H2,1-3H3. The third-order valence-electron chi connectivity index (χ3n) is 7.10. The molecule has 3 heterocycles. The summed E-state index contributed by atoms with van der Waals surface area (Å²) in [4.78, 5) is 39.0. The number of hydrogen-bond donors (Lipinski definition) is 0. The molecular weight excluding hydrogens is 472 g/mol. The third kappa shape index (κ3) is 6.58. The Hall–Kier alpha value is -2.61. The number of carbonyl (C=O) groups is 2. The second-order valence-electron chi connectivity index (χ2n) is 9.72. The zero-order valence-corrected chi connectivity index (χ0v) is 22.6. The molecule has 2 aliphatic rings. The lowest BCUT2D eigenvalue weighted by molar-refractivity contribution is -0.149. The van der Waals surface area contributed by atoms with Crippen LogP contribution in [0.1, 0.15) is 74.5 Å². The zero-order chi connectivity index (χ0) is 25.5. The Balaban J connectivity index is 1.38. The van der Waals surface area contributed by atoms with Gasteiger partial charge in [0.2, 0.25) is 0 Å². The minimum Gasteiger partial charge on any atom is -0.466 e. The number of hydrogen-bond acceptors (Lipinski definition) is 7. The minimum absolute atomic E-state index is 0.0255. The maximum absolute atomic E-state index is 13.0. The first kappa shape index (κ1) is 26.5. The normalized spacial score (nSPS) is 20.3. The predicted molar refractivity (Wildman–Crippen MR) is 143 cm³/mol. The number of piperidine rings is 2. The molecule has 1 aromatic carbocycles. The van der Waals surface area contributed by atoms with Gasteiger partial charge in [0.25, 0.3) is 5.91 Å². The molecule has 2 aromatic rings. The van der Waals surface area contributed by atoms with Gasteiger partial charge in [0.05, 0.1) is 12.5 Å². The number of aryl methyl sites for hydroxylation is 1. The fourth-order valence-electron chi connectivity index (χ4n) is 4.98. The summed E-state index contributed by atoms with van der Waals surface area (Å²) in [6.07, 6.45) is 6.18. The maximum Gasteiger partial charge on any atom is 0.310 e. The van der Waals surface area contributed by atoms with Gasteiger partial charge in [-0.15, -0.1) is 0 Å². The number of nitrogens with zero attached hydrogens (tertiary/aromatic N) is 4. The second-order valence-corrected chi connectivity index (χ2v) is 10.7. The van der Waals surface area contributed by atoms with E-state index < -0.39 is 0 Å². The number of rotatable bonds is 8. The van der Waals surface area contributed by atoms with E-state index in [1.807, 2.05) is 31.2 Å². The van der Waals surface area contributed by atoms with Gasteiger partial charge in [-0.2, -0.15) is 0 Å². The Labute approximate surface area is 219 Å². The van der Waals surface area contributed by atoms with Gasteiger partial charge in [-0.05, 0) is 70.1 Å². The van der Waals surface area contributed by atoms with Crippen LogP contribution < -0.4 is 4.90 Å². The molecule has 36 heavy (non-hydrogen) atoms. The molecule has 0 bridgehead atoms. The monoisotopic (exact) mass is 510 g/mol. The average Bonchev–Trinajstić information content (AvgIpc) is 2.92. The van der Waals surface area contributed by atoms with Crippen LogP contribution in [0, 0.1) is 5.92 Å². The predicted octanol–water partition coefficient (Wildman–Crippen LogP) is 5.13. The number of benzene rings is 1. The van der Waals surface area contributed by atoms with Gasteiger partial charge in [-0.25, -0.2) is 9.97 Å². The molecule has 0 saturated carbocycles. The molecule has 2 unspecified atom stereocenters. The number of thioether (sulfide) groups is 1. The van der Waals surface area contributed by atoms with E-state index in [0.717, 1.165) is 53.8 Å². The van der Waals surface area contributed by atoms with Gasteiger partial charge in [0, 0.05) is 48.8 Å². The molecule has 4 rings (SSSR count). The van der Waals surface area contributed by atoms with Crippen LogP contribution in [0.5, 0.6) is 0 Å². The van der Waals surface area contributed by atoms with Crippen LogP contribution in [0.3, 0.4) is 0 Å². The molecule has 8 heteroatoms. The van der Waals surface area contributed by atoms with E-state index in [-0.39, 0.29) is 17.8 Å². The molecule has 2 saturated heterocycles. The summed E-state index contributed by atoms with van der Waals surface area (Å²) in [7, 11) is 0. The number of esters is 1. The van der Waals surface area contributed by atoms with E-state index in [4.69, 9.17) is 14.7 Å². The van der Waals surface area contributed by atoms with Crippen LogP contribution in [0.25, 0.3) is 0 Å². The molecule has 0 radical (unpaired) electrons.